The van der Waals surface area contributed by atoms with Gasteiger partial charge < -0.3 is 10.1 Å². The van der Waals surface area contributed by atoms with Crippen molar-refractivity contribution in [2.45, 2.75) is 0 Å². The number of nitrogens with zero attached hydrogens (tertiary/aromatic N) is 1. The minimum Gasteiger partial charge on any atom is -0.484 e. The van der Waals surface area contributed by atoms with E-state index >= 15 is 0 Å². The zero-order valence-electron chi connectivity index (χ0n) is 10.8. The number of carbonyl (C=O) groups excluding carboxylic acids is 1. The molecule has 0 aliphatic heterocycles. The number of nitrogens with one attached hydrogen (secondary N) is 1. The van der Waals surface area contributed by atoms with Crippen molar-refractivity contribution in [3.05, 3.63) is 56.6 Å². The number of halogens is 2. The third-order valence-electron chi connectivity index (χ3n) is 2.54. The number of amides is 1. The van der Waals surface area contributed by atoms with Crippen LogP contribution in [0.25, 0.3) is 0 Å². The van der Waals surface area contributed by atoms with Crippen LogP contribution in [0, 0.1) is 14.9 Å². The quantitative estimate of drug-likeness (QED) is 0.776. The van der Waals surface area contributed by atoms with E-state index in [2.05, 4.69) is 27.9 Å². The Balaban J connectivity index is 1.99. The Kier molecular flexibility index (Phi) is 5.42. The first-order valence-corrected chi connectivity index (χ1v) is 7.42. The van der Waals surface area contributed by atoms with Gasteiger partial charge >= 0.3 is 0 Å². The normalized spacial score (nSPS) is 9.76. The van der Waals surface area contributed by atoms with Crippen LogP contribution in [0.4, 0.5) is 5.69 Å². The number of carbonyl (C=O) groups is 1. The van der Waals surface area contributed by atoms with Gasteiger partial charge in [-0.25, -0.2) is 0 Å². The Hall–Kier alpha value is -1.78. The standard InChI is InChI=1S/C15H10ClIN2O2/c16-11-5-4-10(8-18)14(6-11)19-15(20)9-21-13-3-1-2-12(17)7-13/h1-7H,9H2,(H,19,20). The van der Waals surface area contributed by atoms with Crippen LogP contribution >= 0.6 is 34.2 Å². The van der Waals surface area contributed by atoms with Gasteiger partial charge in [-0.1, -0.05) is 17.7 Å². The van der Waals surface area contributed by atoms with E-state index in [1.54, 1.807) is 18.2 Å². The summed E-state index contributed by atoms with van der Waals surface area (Å²) in [6.45, 7) is -0.141. The second-order valence-electron chi connectivity index (χ2n) is 4.10. The SMILES string of the molecule is N#Cc1ccc(Cl)cc1NC(=O)COc1cccc(I)c1. The molecule has 0 aliphatic carbocycles. The van der Waals surface area contributed by atoms with Gasteiger partial charge in [0.05, 0.1) is 11.3 Å². The molecule has 0 saturated carbocycles. The van der Waals surface area contributed by atoms with E-state index in [1.807, 2.05) is 24.3 Å². The number of benzene rings is 2. The summed E-state index contributed by atoms with van der Waals surface area (Å²) < 4.78 is 6.41. The number of hydrogen-bond acceptors (Lipinski definition) is 3. The fourth-order valence-corrected chi connectivity index (χ4v) is 2.30. The Labute approximate surface area is 140 Å². The predicted octanol–water partition coefficient (Wildman–Crippen LogP) is 3.83. The highest BCUT2D eigenvalue weighted by molar-refractivity contribution is 14.1. The molecule has 2 aromatic rings. The minimum atomic E-state index is -0.354. The van der Waals surface area contributed by atoms with Crippen LogP contribution < -0.4 is 10.1 Å². The van der Waals surface area contributed by atoms with Crippen molar-refractivity contribution in [2.75, 3.05) is 11.9 Å². The van der Waals surface area contributed by atoms with Crippen LogP contribution in [0.2, 0.25) is 5.02 Å². The highest BCUT2D eigenvalue weighted by Gasteiger charge is 2.08. The molecule has 0 unspecified atom stereocenters. The van der Waals surface area contributed by atoms with Crippen LogP contribution in [0.15, 0.2) is 42.5 Å². The molecule has 0 aromatic heterocycles. The van der Waals surface area contributed by atoms with Crippen LogP contribution in [0.5, 0.6) is 5.75 Å². The van der Waals surface area contributed by atoms with Gasteiger partial charge in [-0.15, -0.1) is 0 Å². The van der Waals surface area contributed by atoms with Gasteiger partial charge in [-0.3, -0.25) is 4.79 Å². The second kappa shape index (κ2) is 7.29. The predicted molar refractivity (Wildman–Crippen MR) is 89.5 cm³/mol. The Morgan fingerprint density at radius 3 is 2.86 bits per heavy atom. The van der Waals surface area contributed by atoms with Crippen molar-refractivity contribution in [3.63, 3.8) is 0 Å². The molecule has 0 aliphatic rings. The first-order valence-electron chi connectivity index (χ1n) is 5.96. The van der Waals surface area contributed by atoms with E-state index < -0.39 is 0 Å². The van der Waals surface area contributed by atoms with Crippen molar-refractivity contribution in [1.29, 1.82) is 5.26 Å². The van der Waals surface area contributed by atoms with E-state index in [4.69, 9.17) is 21.6 Å². The van der Waals surface area contributed by atoms with Gasteiger partial charge in [-0.2, -0.15) is 5.26 Å². The van der Waals surface area contributed by atoms with Gasteiger partial charge in [0.2, 0.25) is 0 Å². The monoisotopic (exact) mass is 412 g/mol. The lowest BCUT2D eigenvalue weighted by molar-refractivity contribution is -0.118. The third-order valence-corrected chi connectivity index (χ3v) is 3.45. The summed E-state index contributed by atoms with van der Waals surface area (Å²) in [5.74, 6) is 0.260. The van der Waals surface area contributed by atoms with Gasteiger partial charge in [-0.05, 0) is 59.0 Å². The summed E-state index contributed by atoms with van der Waals surface area (Å²) in [4.78, 5) is 11.9. The van der Waals surface area contributed by atoms with E-state index in [9.17, 15) is 4.79 Å². The third kappa shape index (κ3) is 4.62. The lowest BCUT2D eigenvalue weighted by atomic mass is 10.2. The fraction of sp³-hybridized carbons (Fsp3) is 0.0667. The average molecular weight is 413 g/mol. The summed E-state index contributed by atoms with van der Waals surface area (Å²) in [6, 6.07) is 14.1. The van der Waals surface area contributed by atoms with E-state index in [0.29, 0.717) is 22.0 Å². The molecule has 0 heterocycles. The van der Waals surface area contributed by atoms with E-state index in [-0.39, 0.29) is 12.5 Å². The van der Waals surface area contributed by atoms with Crippen molar-refractivity contribution in [1.82, 2.24) is 0 Å². The zero-order chi connectivity index (χ0) is 15.2. The van der Waals surface area contributed by atoms with Crippen LogP contribution in [0.3, 0.4) is 0 Å². The summed E-state index contributed by atoms with van der Waals surface area (Å²) in [5, 5.41) is 12.0. The molecular formula is C15H10ClIN2O2. The van der Waals surface area contributed by atoms with Crippen molar-refractivity contribution in [2.24, 2.45) is 0 Å². The fourth-order valence-electron chi connectivity index (χ4n) is 1.61. The maximum absolute atomic E-state index is 11.9. The first kappa shape index (κ1) is 15.6. The molecule has 106 valence electrons. The molecule has 2 aromatic carbocycles. The molecule has 0 radical (unpaired) electrons. The molecule has 2 rings (SSSR count). The number of rotatable bonds is 4. The van der Waals surface area contributed by atoms with Gasteiger partial charge in [0.25, 0.3) is 5.91 Å². The summed E-state index contributed by atoms with van der Waals surface area (Å²) in [5.41, 5.74) is 0.725. The minimum absolute atomic E-state index is 0.141. The summed E-state index contributed by atoms with van der Waals surface area (Å²) >= 11 is 8.02. The lowest BCUT2D eigenvalue weighted by Gasteiger charge is -2.09. The average Bonchev–Trinajstić information content (AvgIpc) is 2.45. The molecule has 1 N–H and O–H groups in total. The molecule has 6 heteroatoms. The molecule has 21 heavy (non-hydrogen) atoms. The molecule has 0 saturated heterocycles. The van der Waals surface area contributed by atoms with Crippen LogP contribution in [-0.4, -0.2) is 12.5 Å². The molecule has 0 atom stereocenters. The molecule has 0 fully saturated rings. The maximum atomic E-state index is 11.9. The summed E-state index contributed by atoms with van der Waals surface area (Å²) in [7, 11) is 0. The molecule has 0 bridgehead atoms. The number of anilines is 1. The first-order chi connectivity index (χ1) is 10.1. The topological polar surface area (TPSA) is 62.1 Å². The molecular weight excluding hydrogens is 403 g/mol. The molecule has 0 spiro atoms. The van der Waals surface area contributed by atoms with Gasteiger partial charge in [0.15, 0.2) is 6.61 Å². The maximum Gasteiger partial charge on any atom is 0.262 e. The van der Waals surface area contributed by atoms with E-state index in [0.717, 1.165) is 3.57 Å². The Morgan fingerprint density at radius 1 is 1.33 bits per heavy atom. The lowest BCUT2D eigenvalue weighted by Crippen LogP contribution is -2.20. The van der Waals surface area contributed by atoms with Gasteiger partial charge in [0, 0.05) is 8.59 Å². The zero-order valence-corrected chi connectivity index (χ0v) is 13.7. The summed E-state index contributed by atoms with van der Waals surface area (Å²) in [6.07, 6.45) is 0. The van der Waals surface area contributed by atoms with Crippen molar-refractivity contribution < 1.29 is 9.53 Å². The van der Waals surface area contributed by atoms with E-state index in [1.165, 1.54) is 6.07 Å². The Bertz CT molecular complexity index is 713. The number of nitriles is 1. The molecule has 1 amide bonds. The highest BCUT2D eigenvalue weighted by atomic mass is 127. The van der Waals surface area contributed by atoms with Crippen LogP contribution in [0.1, 0.15) is 5.56 Å². The number of ether oxygens (including phenoxy) is 1. The number of hydrogen-bond donors (Lipinski definition) is 1. The van der Waals surface area contributed by atoms with Crippen molar-refractivity contribution >= 4 is 45.8 Å². The smallest absolute Gasteiger partial charge is 0.262 e. The highest BCUT2D eigenvalue weighted by Crippen LogP contribution is 2.20. The van der Waals surface area contributed by atoms with Crippen molar-refractivity contribution in [3.8, 4) is 11.8 Å². The second-order valence-corrected chi connectivity index (χ2v) is 5.78. The molecule has 4 nitrogen and oxygen atoms in total. The Morgan fingerprint density at radius 2 is 2.14 bits per heavy atom. The largest absolute Gasteiger partial charge is 0.484 e. The van der Waals surface area contributed by atoms with Crippen LogP contribution in [-0.2, 0) is 4.79 Å². The van der Waals surface area contributed by atoms with Gasteiger partial charge in [0.1, 0.15) is 11.8 Å².